The summed E-state index contributed by atoms with van der Waals surface area (Å²) in [6.45, 7) is 2.62. The van der Waals surface area contributed by atoms with Crippen molar-refractivity contribution >= 4 is 11.6 Å². The molecule has 0 aliphatic heterocycles. The summed E-state index contributed by atoms with van der Waals surface area (Å²) in [6, 6.07) is 6.38. The number of aryl methyl sites for hydroxylation is 1. The van der Waals surface area contributed by atoms with E-state index in [1.807, 2.05) is 19.1 Å². The van der Waals surface area contributed by atoms with Gasteiger partial charge in [0.2, 0.25) is 0 Å². The lowest BCUT2D eigenvalue weighted by Gasteiger charge is -2.32. The van der Waals surface area contributed by atoms with Gasteiger partial charge in [-0.25, -0.2) is 0 Å². The van der Waals surface area contributed by atoms with Crippen molar-refractivity contribution in [1.29, 1.82) is 0 Å². The van der Waals surface area contributed by atoms with Crippen LogP contribution >= 0.6 is 11.6 Å². The Balaban J connectivity index is 1.88. The summed E-state index contributed by atoms with van der Waals surface area (Å²) in [6.07, 6.45) is 2.28. The number of rotatable bonds is 3. The molecule has 2 rings (SSSR count). The van der Waals surface area contributed by atoms with E-state index < -0.39 is 0 Å². The third-order valence-corrected chi connectivity index (χ3v) is 3.17. The van der Waals surface area contributed by atoms with Crippen molar-refractivity contribution in [2.75, 3.05) is 0 Å². The van der Waals surface area contributed by atoms with Crippen molar-refractivity contribution in [1.82, 2.24) is 0 Å². The number of halogens is 1. The minimum atomic E-state index is 0.331. The predicted molar refractivity (Wildman–Crippen MR) is 62.0 cm³/mol. The Morgan fingerprint density at radius 2 is 2.20 bits per heavy atom. The first-order chi connectivity index (χ1) is 7.15. The molecule has 0 bridgehead atoms. The zero-order chi connectivity index (χ0) is 10.8. The van der Waals surface area contributed by atoms with Gasteiger partial charge in [-0.3, -0.25) is 0 Å². The molecule has 2 N–H and O–H groups in total. The van der Waals surface area contributed by atoms with Crippen LogP contribution in [0, 0.1) is 6.92 Å². The lowest BCUT2D eigenvalue weighted by atomic mass is 9.90. The van der Waals surface area contributed by atoms with Crippen LogP contribution < -0.4 is 5.73 Å². The molecule has 1 aromatic carbocycles. The van der Waals surface area contributed by atoms with E-state index in [0.717, 1.165) is 23.4 Å². The molecule has 2 nitrogen and oxygen atoms in total. The van der Waals surface area contributed by atoms with Gasteiger partial charge in [-0.1, -0.05) is 23.7 Å². The maximum absolute atomic E-state index is 6.10. The topological polar surface area (TPSA) is 35.2 Å². The Bertz CT molecular complexity index is 347. The van der Waals surface area contributed by atoms with E-state index in [1.165, 1.54) is 5.56 Å². The third kappa shape index (κ3) is 2.71. The summed E-state index contributed by atoms with van der Waals surface area (Å²) in [7, 11) is 0. The van der Waals surface area contributed by atoms with Crippen LogP contribution in [0.5, 0.6) is 0 Å². The average Bonchev–Trinajstić information content (AvgIpc) is 2.13. The van der Waals surface area contributed by atoms with Crippen LogP contribution in [-0.2, 0) is 11.3 Å². The molecule has 0 spiro atoms. The Kier molecular flexibility index (Phi) is 3.29. The molecular weight excluding hydrogens is 210 g/mol. The van der Waals surface area contributed by atoms with E-state index in [2.05, 4.69) is 6.07 Å². The third-order valence-electron chi connectivity index (χ3n) is 2.81. The highest BCUT2D eigenvalue weighted by atomic mass is 35.5. The highest BCUT2D eigenvalue weighted by Gasteiger charge is 2.26. The van der Waals surface area contributed by atoms with Crippen LogP contribution in [0.2, 0.25) is 5.02 Å². The SMILES string of the molecule is Cc1ccc(COC2CC(N)C2)c(Cl)c1. The summed E-state index contributed by atoms with van der Waals surface area (Å²) in [5, 5.41) is 0.790. The van der Waals surface area contributed by atoms with Gasteiger partial charge >= 0.3 is 0 Å². The van der Waals surface area contributed by atoms with Crippen molar-refractivity contribution in [3.63, 3.8) is 0 Å². The summed E-state index contributed by atoms with van der Waals surface area (Å²) in [4.78, 5) is 0. The molecule has 0 heterocycles. The van der Waals surface area contributed by atoms with Crippen LogP contribution in [0.3, 0.4) is 0 Å². The molecule has 3 heteroatoms. The number of nitrogens with two attached hydrogens (primary N) is 1. The second-order valence-corrected chi connectivity index (χ2v) is 4.67. The van der Waals surface area contributed by atoms with E-state index in [9.17, 15) is 0 Å². The normalized spacial score (nSPS) is 25.0. The maximum Gasteiger partial charge on any atom is 0.0735 e. The van der Waals surface area contributed by atoms with Gasteiger partial charge in [-0.15, -0.1) is 0 Å². The molecule has 1 saturated carbocycles. The van der Waals surface area contributed by atoms with E-state index in [4.69, 9.17) is 22.1 Å². The monoisotopic (exact) mass is 225 g/mol. The molecule has 82 valence electrons. The zero-order valence-electron chi connectivity index (χ0n) is 8.87. The molecule has 1 fully saturated rings. The van der Waals surface area contributed by atoms with Gasteiger partial charge in [0.15, 0.2) is 0 Å². The maximum atomic E-state index is 6.10. The van der Waals surface area contributed by atoms with E-state index >= 15 is 0 Å². The smallest absolute Gasteiger partial charge is 0.0735 e. The van der Waals surface area contributed by atoms with Gasteiger partial charge in [0.25, 0.3) is 0 Å². The Hall–Kier alpha value is -0.570. The van der Waals surface area contributed by atoms with Crippen molar-refractivity contribution in [2.24, 2.45) is 5.73 Å². The van der Waals surface area contributed by atoms with Gasteiger partial charge in [-0.05, 0) is 37.0 Å². The van der Waals surface area contributed by atoms with Crippen molar-refractivity contribution in [3.05, 3.63) is 34.3 Å². The van der Waals surface area contributed by atoms with Crippen LogP contribution in [0.25, 0.3) is 0 Å². The zero-order valence-corrected chi connectivity index (χ0v) is 9.63. The van der Waals surface area contributed by atoms with Crippen molar-refractivity contribution in [3.8, 4) is 0 Å². The van der Waals surface area contributed by atoms with E-state index in [0.29, 0.717) is 18.8 Å². The van der Waals surface area contributed by atoms with Crippen LogP contribution in [0.4, 0.5) is 0 Å². The predicted octanol–water partition coefficient (Wildman–Crippen LogP) is 2.65. The number of benzene rings is 1. The first kappa shape index (κ1) is 10.9. The van der Waals surface area contributed by atoms with Crippen molar-refractivity contribution in [2.45, 2.75) is 38.5 Å². The highest BCUT2D eigenvalue weighted by molar-refractivity contribution is 6.31. The molecule has 0 amide bonds. The highest BCUT2D eigenvalue weighted by Crippen LogP contribution is 2.24. The molecule has 0 atom stereocenters. The largest absolute Gasteiger partial charge is 0.373 e. The second kappa shape index (κ2) is 4.52. The fraction of sp³-hybridized carbons (Fsp3) is 0.500. The molecule has 1 aliphatic carbocycles. The average molecular weight is 226 g/mol. The molecular formula is C12H16ClNO. The number of ether oxygens (including phenoxy) is 1. The van der Waals surface area contributed by atoms with Crippen LogP contribution in [0.1, 0.15) is 24.0 Å². The fourth-order valence-corrected chi connectivity index (χ4v) is 2.01. The fourth-order valence-electron chi connectivity index (χ4n) is 1.72. The minimum absolute atomic E-state index is 0.331. The standard InChI is InChI=1S/C12H16ClNO/c1-8-2-3-9(12(13)4-8)7-15-11-5-10(14)6-11/h2-4,10-11H,5-7,14H2,1H3. The first-order valence-corrected chi connectivity index (χ1v) is 5.65. The summed E-state index contributed by atoms with van der Waals surface area (Å²) in [5.41, 5.74) is 7.92. The Labute approximate surface area is 95.4 Å². The van der Waals surface area contributed by atoms with Gasteiger partial charge in [0.1, 0.15) is 0 Å². The molecule has 15 heavy (non-hydrogen) atoms. The van der Waals surface area contributed by atoms with Crippen LogP contribution in [-0.4, -0.2) is 12.1 Å². The Morgan fingerprint density at radius 3 is 2.80 bits per heavy atom. The van der Waals surface area contributed by atoms with Gasteiger partial charge < -0.3 is 10.5 Å². The lowest BCUT2D eigenvalue weighted by molar-refractivity contribution is -0.0188. The molecule has 0 aromatic heterocycles. The van der Waals surface area contributed by atoms with Gasteiger partial charge in [0, 0.05) is 11.1 Å². The molecule has 0 saturated heterocycles. The summed E-state index contributed by atoms with van der Waals surface area (Å²) < 4.78 is 5.69. The number of hydrogen-bond donors (Lipinski definition) is 1. The number of hydrogen-bond acceptors (Lipinski definition) is 2. The van der Waals surface area contributed by atoms with E-state index in [1.54, 1.807) is 0 Å². The van der Waals surface area contributed by atoms with Gasteiger partial charge in [0.05, 0.1) is 12.7 Å². The lowest BCUT2D eigenvalue weighted by Crippen LogP contribution is -2.41. The molecule has 1 aliphatic rings. The molecule has 0 unspecified atom stereocenters. The first-order valence-electron chi connectivity index (χ1n) is 5.27. The minimum Gasteiger partial charge on any atom is -0.373 e. The summed E-state index contributed by atoms with van der Waals surface area (Å²) >= 11 is 6.10. The van der Waals surface area contributed by atoms with Crippen LogP contribution in [0.15, 0.2) is 18.2 Å². The quantitative estimate of drug-likeness (QED) is 0.859. The molecule has 0 radical (unpaired) electrons. The van der Waals surface area contributed by atoms with Gasteiger partial charge in [-0.2, -0.15) is 0 Å². The Morgan fingerprint density at radius 1 is 1.47 bits per heavy atom. The second-order valence-electron chi connectivity index (χ2n) is 4.26. The molecule has 1 aromatic rings. The summed E-state index contributed by atoms with van der Waals surface area (Å²) in [5.74, 6) is 0. The van der Waals surface area contributed by atoms with Crippen molar-refractivity contribution < 1.29 is 4.74 Å². The van der Waals surface area contributed by atoms with E-state index in [-0.39, 0.29) is 0 Å².